The maximum atomic E-state index is 13.7. The fraction of sp³-hybridized carbons (Fsp3) is 0.759. The Hall–Kier alpha value is -2.15. The van der Waals surface area contributed by atoms with Crippen molar-refractivity contribution in [2.45, 2.75) is 123 Å². The Morgan fingerprint density at radius 2 is 1.92 bits per heavy atom. The Morgan fingerprint density at radius 1 is 1.22 bits per heavy atom. The summed E-state index contributed by atoms with van der Waals surface area (Å²) in [6, 6.07) is 1.39. The first kappa shape index (κ1) is 26.9. The molecule has 0 radical (unpaired) electrons. The molecular formula is C29H44N2O5. The third-order valence-electron chi connectivity index (χ3n) is 7.93. The largest absolute Gasteiger partial charge is 0.465 e. The number of amides is 1. The van der Waals surface area contributed by atoms with E-state index in [1.807, 2.05) is 40.8 Å². The standard InChI is InChI=1S/C29H44N2O5/c1-18(2)14-24(31(26(33)34)27(3,4)5)29(25(32)35-28(6,7)36-29)17-23-22-11-10-20(15-19-8-9-19)16-21(22)12-13-30-23/h12-13,18-20,24H,8-11,14-17H2,1-7H3,(H,33,34)/t20?,24-,29+/m0/s1. The maximum Gasteiger partial charge on any atom is 0.408 e. The van der Waals surface area contributed by atoms with Gasteiger partial charge in [0.2, 0.25) is 5.79 Å². The van der Waals surface area contributed by atoms with Gasteiger partial charge >= 0.3 is 12.1 Å². The van der Waals surface area contributed by atoms with Crippen LogP contribution in [0.15, 0.2) is 12.3 Å². The maximum absolute atomic E-state index is 13.7. The third kappa shape index (κ3) is 5.56. The van der Waals surface area contributed by atoms with Gasteiger partial charge in [-0.1, -0.05) is 26.7 Å². The zero-order valence-electron chi connectivity index (χ0n) is 23.1. The van der Waals surface area contributed by atoms with Crippen molar-refractivity contribution in [2.75, 3.05) is 0 Å². The normalized spacial score (nSPS) is 26.4. The zero-order chi connectivity index (χ0) is 26.5. The van der Waals surface area contributed by atoms with E-state index in [1.165, 1.54) is 35.3 Å². The van der Waals surface area contributed by atoms with Gasteiger partial charge in [-0.2, -0.15) is 0 Å². The highest BCUT2D eigenvalue weighted by Gasteiger charge is 2.62. The number of pyridine rings is 1. The minimum absolute atomic E-state index is 0.136. The molecule has 200 valence electrons. The molecule has 1 aromatic rings. The van der Waals surface area contributed by atoms with Gasteiger partial charge in [-0.15, -0.1) is 0 Å². The minimum atomic E-state index is -1.48. The van der Waals surface area contributed by atoms with Gasteiger partial charge in [-0.3, -0.25) is 9.88 Å². The highest BCUT2D eigenvalue weighted by molar-refractivity contribution is 5.84. The number of rotatable bonds is 8. The minimum Gasteiger partial charge on any atom is -0.465 e. The molecule has 3 atom stereocenters. The molecule has 2 aliphatic carbocycles. The van der Waals surface area contributed by atoms with E-state index >= 15 is 0 Å². The van der Waals surface area contributed by atoms with Gasteiger partial charge in [0.15, 0.2) is 5.60 Å². The fourth-order valence-corrected chi connectivity index (χ4v) is 6.35. The lowest BCUT2D eigenvalue weighted by Gasteiger charge is -2.46. The number of aromatic nitrogens is 1. The van der Waals surface area contributed by atoms with Crippen LogP contribution < -0.4 is 0 Å². The molecule has 4 rings (SSSR count). The van der Waals surface area contributed by atoms with Crippen LogP contribution in [0.1, 0.15) is 97.4 Å². The second-order valence-corrected chi connectivity index (χ2v) is 13.1. The van der Waals surface area contributed by atoms with Crippen LogP contribution in [-0.2, 0) is 33.5 Å². The summed E-state index contributed by atoms with van der Waals surface area (Å²) in [6.45, 7) is 13.1. The van der Waals surface area contributed by atoms with Crippen molar-refractivity contribution in [3.05, 3.63) is 29.1 Å². The predicted molar refractivity (Wildman–Crippen MR) is 138 cm³/mol. The van der Waals surface area contributed by atoms with Gasteiger partial charge in [0, 0.05) is 37.7 Å². The summed E-state index contributed by atoms with van der Waals surface area (Å²) in [5.74, 6) is 0.0880. The number of nitrogens with zero attached hydrogens (tertiary/aromatic N) is 2. The van der Waals surface area contributed by atoms with E-state index in [1.54, 1.807) is 13.8 Å². The number of carbonyl (C=O) groups is 2. The van der Waals surface area contributed by atoms with Crippen molar-refractivity contribution in [3.63, 3.8) is 0 Å². The molecule has 1 aromatic heterocycles. The lowest BCUT2D eigenvalue weighted by Crippen LogP contribution is -2.64. The predicted octanol–water partition coefficient (Wildman–Crippen LogP) is 5.77. The second kappa shape index (κ2) is 9.62. The quantitative estimate of drug-likeness (QED) is 0.456. The lowest BCUT2D eigenvalue weighted by molar-refractivity contribution is -0.180. The Kier molecular flexibility index (Phi) is 7.19. The number of hydrogen-bond donors (Lipinski definition) is 1. The SMILES string of the molecule is CC(C)C[C@H](N(C(=O)O)C(C)(C)C)[C@@]1(Cc2nccc3c2CCC(CC2CC2)C3)OC(C)(C)OC1=O. The van der Waals surface area contributed by atoms with E-state index in [0.717, 1.165) is 30.9 Å². The van der Waals surface area contributed by atoms with E-state index in [2.05, 4.69) is 6.07 Å². The second-order valence-electron chi connectivity index (χ2n) is 13.1. The van der Waals surface area contributed by atoms with Crippen molar-refractivity contribution >= 4 is 12.1 Å². The Morgan fingerprint density at radius 3 is 2.44 bits per heavy atom. The molecule has 1 amide bonds. The van der Waals surface area contributed by atoms with Crippen LogP contribution >= 0.6 is 0 Å². The summed E-state index contributed by atoms with van der Waals surface area (Å²) in [5.41, 5.74) is 1.12. The molecule has 1 aliphatic heterocycles. The molecule has 1 unspecified atom stereocenters. The third-order valence-corrected chi connectivity index (χ3v) is 7.93. The number of cyclic esters (lactones) is 1. The topological polar surface area (TPSA) is 89.0 Å². The molecule has 0 aromatic carbocycles. The summed E-state index contributed by atoms with van der Waals surface area (Å²) in [5, 5.41) is 10.4. The molecule has 1 N–H and O–H groups in total. The molecule has 1 saturated carbocycles. The number of esters is 1. The van der Waals surface area contributed by atoms with Gasteiger partial charge in [-0.25, -0.2) is 9.59 Å². The summed E-state index contributed by atoms with van der Waals surface area (Å²) in [4.78, 5) is 32.6. The Balaban J connectivity index is 1.76. The first-order valence-corrected chi connectivity index (χ1v) is 13.6. The van der Waals surface area contributed by atoms with E-state index in [-0.39, 0.29) is 12.3 Å². The summed E-state index contributed by atoms with van der Waals surface area (Å²) < 4.78 is 12.2. The summed E-state index contributed by atoms with van der Waals surface area (Å²) in [6.07, 6.45) is 8.58. The van der Waals surface area contributed by atoms with Gasteiger partial charge in [0.05, 0.1) is 6.04 Å². The van der Waals surface area contributed by atoms with Crippen molar-refractivity contribution < 1.29 is 24.2 Å². The van der Waals surface area contributed by atoms with E-state index in [0.29, 0.717) is 12.3 Å². The molecule has 1 saturated heterocycles. The molecule has 2 fully saturated rings. The summed E-state index contributed by atoms with van der Waals surface area (Å²) in [7, 11) is 0. The van der Waals surface area contributed by atoms with Crippen molar-refractivity contribution in [1.82, 2.24) is 9.88 Å². The number of carboxylic acid groups (broad SMARTS) is 1. The van der Waals surface area contributed by atoms with Crippen LogP contribution in [0.4, 0.5) is 4.79 Å². The molecular weight excluding hydrogens is 456 g/mol. The van der Waals surface area contributed by atoms with Gasteiger partial charge in [0.1, 0.15) is 0 Å². The van der Waals surface area contributed by atoms with Crippen molar-refractivity contribution in [2.24, 2.45) is 17.8 Å². The Bertz CT molecular complexity index is 994. The fourth-order valence-electron chi connectivity index (χ4n) is 6.35. The number of fused-ring (bicyclic) bond motifs is 1. The van der Waals surface area contributed by atoms with Crippen molar-refractivity contribution in [3.8, 4) is 0 Å². The van der Waals surface area contributed by atoms with E-state index in [4.69, 9.17) is 14.5 Å². The number of hydrogen-bond acceptors (Lipinski definition) is 5. The monoisotopic (exact) mass is 500 g/mol. The van der Waals surface area contributed by atoms with Gasteiger partial charge in [0.25, 0.3) is 0 Å². The molecule has 0 bridgehead atoms. The number of ether oxygens (including phenoxy) is 2. The summed E-state index contributed by atoms with van der Waals surface area (Å²) >= 11 is 0. The van der Waals surface area contributed by atoms with Crippen molar-refractivity contribution in [1.29, 1.82) is 0 Å². The van der Waals surface area contributed by atoms with Crippen LogP contribution in [0.2, 0.25) is 0 Å². The molecule has 2 heterocycles. The smallest absolute Gasteiger partial charge is 0.408 e. The van der Waals surface area contributed by atoms with Crippen LogP contribution in [0.5, 0.6) is 0 Å². The zero-order valence-corrected chi connectivity index (χ0v) is 23.1. The highest BCUT2D eigenvalue weighted by Crippen LogP contribution is 2.44. The number of carbonyl (C=O) groups excluding carboxylic acids is 1. The molecule has 7 heteroatoms. The van der Waals surface area contributed by atoms with Crippen LogP contribution in [0, 0.1) is 17.8 Å². The molecule has 7 nitrogen and oxygen atoms in total. The first-order chi connectivity index (χ1) is 16.7. The average molecular weight is 501 g/mol. The molecule has 3 aliphatic rings. The van der Waals surface area contributed by atoms with Gasteiger partial charge < -0.3 is 14.6 Å². The highest BCUT2D eigenvalue weighted by atomic mass is 16.8. The Labute approximate surface area is 215 Å². The first-order valence-electron chi connectivity index (χ1n) is 13.6. The average Bonchev–Trinajstić information content (AvgIpc) is 3.50. The van der Waals surface area contributed by atoms with Crippen LogP contribution in [0.3, 0.4) is 0 Å². The molecule has 0 spiro atoms. The lowest BCUT2D eigenvalue weighted by atomic mass is 9.77. The van der Waals surface area contributed by atoms with Crippen LogP contribution in [-0.4, -0.2) is 50.0 Å². The van der Waals surface area contributed by atoms with Crippen LogP contribution in [0.25, 0.3) is 0 Å². The van der Waals surface area contributed by atoms with E-state index in [9.17, 15) is 14.7 Å². The molecule has 36 heavy (non-hydrogen) atoms. The van der Waals surface area contributed by atoms with E-state index < -0.39 is 35.0 Å². The van der Waals surface area contributed by atoms with Gasteiger partial charge in [-0.05, 0) is 87.8 Å².